The fourth-order valence-electron chi connectivity index (χ4n) is 4.22. The number of nitrogens with one attached hydrogen (secondary N) is 1. The Labute approximate surface area is 162 Å². The van der Waals surface area contributed by atoms with Gasteiger partial charge in [0.2, 0.25) is 11.8 Å². The largest absolute Gasteiger partial charge is 0.368 e. The number of hydrogen-bond acceptors (Lipinski definition) is 4. The van der Waals surface area contributed by atoms with Gasteiger partial charge in [-0.3, -0.25) is 9.59 Å². The molecule has 2 atom stereocenters. The van der Waals surface area contributed by atoms with Gasteiger partial charge < -0.3 is 20.9 Å². The molecule has 1 aromatic rings. The van der Waals surface area contributed by atoms with Crippen molar-refractivity contribution in [3.05, 3.63) is 30.3 Å². The predicted molar refractivity (Wildman–Crippen MR) is 107 cm³/mol. The lowest BCUT2D eigenvalue weighted by Crippen LogP contribution is -2.53. The van der Waals surface area contributed by atoms with Crippen LogP contribution in [0.15, 0.2) is 30.3 Å². The molecule has 1 saturated carbocycles. The summed E-state index contributed by atoms with van der Waals surface area (Å²) in [5.41, 5.74) is 7.06. The zero-order chi connectivity index (χ0) is 19.3. The second kappa shape index (κ2) is 8.74. The molecule has 6 nitrogen and oxygen atoms in total. The summed E-state index contributed by atoms with van der Waals surface area (Å²) in [7, 11) is 0. The van der Waals surface area contributed by atoms with E-state index in [2.05, 4.69) is 22.3 Å². The molecular formula is C21H32N4O2. The molecule has 2 amide bonds. The van der Waals surface area contributed by atoms with Crippen LogP contribution in [0.5, 0.6) is 0 Å². The Hall–Kier alpha value is -2.08. The molecular weight excluding hydrogens is 340 g/mol. The Bertz CT molecular complexity index is 639. The zero-order valence-electron chi connectivity index (χ0n) is 16.3. The van der Waals surface area contributed by atoms with E-state index >= 15 is 0 Å². The minimum atomic E-state index is -0.430. The van der Waals surface area contributed by atoms with Gasteiger partial charge in [0.15, 0.2) is 0 Å². The molecule has 3 N–H and O–H groups in total. The number of nitrogens with two attached hydrogens (primary N) is 1. The maximum atomic E-state index is 12.5. The van der Waals surface area contributed by atoms with Crippen LogP contribution in [0.4, 0.5) is 5.69 Å². The summed E-state index contributed by atoms with van der Waals surface area (Å²) in [4.78, 5) is 29.1. The van der Waals surface area contributed by atoms with Crippen molar-refractivity contribution in [1.29, 1.82) is 0 Å². The molecule has 27 heavy (non-hydrogen) atoms. The van der Waals surface area contributed by atoms with E-state index in [1.807, 2.05) is 30.0 Å². The number of nitrogens with zero attached hydrogens (tertiary/aromatic N) is 2. The number of anilines is 1. The van der Waals surface area contributed by atoms with Crippen LogP contribution < -0.4 is 16.0 Å². The standard InChI is InChI=1S/C21H32N4O2/c1-21(22)11-6-5-9-18(21)20(27)23-12-10-19(26)25-15-13-24(14-16-25)17-7-3-2-4-8-17/h2-4,7-8,18H,5-6,9-16,22H2,1H3,(H,23,27). The van der Waals surface area contributed by atoms with Crippen molar-refractivity contribution in [1.82, 2.24) is 10.2 Å². The summed E-state index contributed by atoms with van der Waals surface area (Å²) < 4.78 is 0. The van der Waals surface area contributed by atoms with E-state index in [9.17, 15) is 9.59 Å². The number of para-hydroxylation sites is 1. The van der Waals surface area contributed by atoms with Crippen molar-refractivity contribution < 1.29 is 9.59 Å². The van der Waals surface area contributed by atoms with Gasteiger partial charge in [-0.05, 0) is 31.9 Å². The molecule has 0 spiro atoms. The monoisotopic (exact) mass is 372 g/mol. The van der Waals surface area contributed by atoms with Gasteiger partial charge in [0.1, 0.15) is 0 Å². The summed E-state index contributed by atoms with van der Waals surface area (Å²) in [6.07, 6.45) is 4.22. The highest BCUT2D eigenvalue weighted by molar-refractivity contribution is 5.81. The SMILES string of the molecule is CC1(N)CCCCC1C(=O)NCCC(=O)N1CCN(c2ccccc2)CC1. The maximum absolute atomic E-state index is 12.5. The lowest BCUT2D eigenvalue weighted by atomic mass is 9.74. The molecule has 3 rings (SSSR count). The summed E-state index contributed by atoms with van der Waals surface area (Å²) in [5.74, 6) is -0.0284. The quantitative estimate of drug-likeness (QED) is 0.825. The van der Waals surface area contributed by atoms with Gasteiger partial charge in [-0.15, -0.1) is 0 Å². The third-order valence-corrected chi connectivity index (χ3v) is 5.96. The maximum Gasteiger partial charge on any atom is 0.224 e. The molecule has 0 aromatic heterocycles. The van der Waals surface area contributed by atoms with Crippen LogP contribution in [0.25, 0.3) is 0 Å². The van der Waals surface area contributed by atoms with E-state index in [-0.39, 0.29) is 17.7 Å². The van der Waals surface area contributed by atoms with Crippen LogP contribution in [0.3, 0.4) is 0 Å². The Balaban J connectivity index is 1.39. The van der Waals surface area contributed by atoms with Gasteiger partial charge in [0, 0.05) is 50.4 Å². The summed E-state index contributed by atoms with van der Waals surface area (Å²) in [5, 5.41) is 2.94. The van der Waals surface area contributed by atoms with Crippen LogP contribution in [-0.2, 0) is 9.59 Å². The van der Waals surface area contributed by atoms with E-state index in [1.54, 1.807) is 0 Å². The third kappa shape index (κ3) is 5.01. The molecule has 1 saturated heterocycles. The minimum Gasteiger partial charge on any atom is -0.368 e. The first-order chi connectivity index (χ1) is 13.0. The number of benzene rings is 1. The van der Waals surface area contributed by atoms with Crippen LogP contribution in [0, 0.1) is 5.92 Å². The Morgan fingerprint density at radius 3 is 2.52 bits per heavy atom. The van der Waals surface area contributed by atoms with E-state index in [1.165, 1.54) is 5.69 Å². The van der Waals surface area contributed by atoms with E-state index < -0.39 is 5.54 Å². The first-order valence-corrected chi connectivity index (χ1v) is 10.1. The number of carbonyl (C=O) groups is 2. The predicted octanol–water partition coefficient (Wildman–Crippen LogP) is 1.75. The highest BCUT2D eigenvalue weighted by Crippen LogP contribution is 2.31. The molecule has 2 fully saturated rings. The number of hydrogen-bond donors (Lipinski definition) is 2. The van der Waals surface area contributed by atoms with Gasteiger partial charge in [-0.1, -0.05) is 31.0 Å². The lowest BCUT2D eigenvalue weighted by molar-refractivity contribution is -0.131. The zero-order valence-corrected chi connectivity index (χ0v) is 16.3. The van der Waals surface area contributed by atoms with Crippen molar-refractivity contribution in [2.45, 2.75) is 44.6 Å². The number of carbonyl (C=O) groups excluding carboxylic acids is 2. The topological polar surface area (TPSA) is 78.7 Å². The normalized spacial score (nSPS) is 25.9. The number of rotatable bonds is 5. The average Bonchev–Trinajstić information content (AvgIpc) is 2.68. The van der Waals surface area contributed by atoms with Crippen molar-refractivity contribution in [3.8, 4) is 0 Å². The number of piperazine rings is 1. The molecule has 2 unspecified atom stereocenters. The van der Waals surface area contributed by atoms with E-state index in [4.69, 9.17) is 5.73 Å². The Kier molecular flexibility index (Phi) is 6.37. The molecule has 0 bridgehead atoms. The van der Waals surface area contributed by atoms with E-state index in [0.717, 1.165) is 51.9 Å². The molecule has 6 heteroatoms. The molecule has 0 radical (unpaired) electrons. The lowest BCUT2D eigenvalue weighted by Gasteiger charge is -2.37. The first-order valence-electron chi connectivity index (χ1n) is 10.1. The second-order valence-corrected chi connectivity index (χ2v) is 8.05. The minimum absolute atomic E-state index is 0.00129. The fourth-order valence-corrected chi connectivity index (χ4v) is 4.22. The van der Waals surface area contributed by atoms with Gasteiger partial charge in [0.05, 0.1) is 5.92 Å². The van der Waals surface area contributed by atoms with Crippen molar-refractivity contribution in [2.75, 3.05) is 37.6 Å². The van der Waals surface area contributed by atoms with E-state index in [0.29, 0.717) is 13.0 Å². The number of amides is 2. The molecule has 1 aromatic carbocycles. The molecule has 1 aliphatic heterocycles. The highest BCUT2D eigenvalue weighted by atomic mass is 16.2. The molecule has 148 valence electrons. The van der Waals surface area contributed by atoms with Gasteiger partial charge in [0.25, 0.3) is 0 Å². The molecule has 1 heterocycles. The Morgan fingerprint density at radius 1 is 1.15 bits per heavy atom. The van der Waals surface area contributed by atoms with Crippen molar-refractivity contribution in [2.24, 2.45) is 11.7 Å². The van der Waals surface area contributed by atoms with Crippen molar-refractivity contribution in [3.63, 3.8) is 0 Å². The Morgan fingerprint density at radius 2 is 1.85 bits per heavy atom. The first kappa shape index (κ1) is 19.7. The van der Waals surface area contributed by atoms with Crippen LogP contribution in [0.1, 0.15) is 39.0 Å². The highest BCUT2D eigenvalue weighted by Gasteiger charge is 2.37. The summed E-state index contributed by atoms with van der Waals surface area (Å²) >= 11 is 0. The van der Waals surface area contributed by atoms with Crippen molar-refractivity contribution >= 4 is 17.5 Å². The third-order valence-electron chi connectivity index (χ3n) is 5.96. The summed E-state index contributed by atoms with van der Waals surface area (Å²) in [6.45, 7) is 5.50. The molecule has 1 aliphatic carbocycles. The average molecular weight is 373 g/mol. The fraction of sp³-hybridized carbons (Fsp3) is 0.619. The van der Waals surface area contributed by atoms with Crippen LogP contribution in [0.2, 0.25) is 0 Å². The smallest absolute Gasteiger partial charge is 0.224 e. The van der Waals surface area contributed by atoms with Crippen LogP contribution >= 0.6 is 0 Å². The second-order valence-electron chi connectivity index (χ2n) is 8.05. The van der Waals surface area contributed by atoms with Gasteiger partial charge in [-0.2, -0.15) is 0 Å². The van der Waals surface area contributed by atoms with Crippen LogP contribution in [-0.4, -0.2) is 55.0 Å². The summed E-state index contributed by atoms with van der Waals surface area (Å²) in [6, 6.07) is 10.3. The van der Waals surface area contributed by atoms with Gasteiger partial charge in [-0.25, -0.2) is 0 Å². The van der Waals surface area contributed by atoms with Gasteiger partial charge >= 0.3 is 0 Å². The molecule has 2 aliphatic rings.